The van der Waals surface area contributed by atoms with E-state index in [4.69, 9.17) is 4.42 Å². The van der Waals surface area contributed by atoms with Crippen molar-refractivity contribution < 1.29 is 4.42 Å². The molecule has 0 radical (unpaired) electrons. The number of hydrogen-bond donors (Lipinski definition) is 0. The molecule has 0 amide bonds. The lowest BCUT2D eigenvalue weighted by molar-refractivity contribution is 0.590. The molecule has 0 N–H and O–H groups in total. The zero-order valence-electron chi connectivity index (χ0n) is 51.1. The summed E-state index contributed by atoms with van der Waals surface area (Å²) in [5, 5.41) is 4.79. The summed E-state index contributed by atoms with van der Waals surface area (Å²) in [6.07, 6.45) is 0. The van der Waals surface area contributed by atoms with E-state index < -0.39 is 0 Å². The van der Waals surface area contributed by atoms with Gasteiger partial charge in [-0.2, -0.15) is 0 Å². The van der Waals surface area contributed by atoms with Gasteiger partial charge in [-0.15, -0.1) is 0 Å². The molecule has 0 fully saturated rings. The van der Waals surface area contributed by atoms with Crippen LogP contribution in [-0.2, 0) is 21.7 Å². The highest BCUT2D eigenvalue weighted by molar-refractivity contribution is 7.00. The molecule has 3 aliphatic heterocycles. The third kappa shape index (κ3) is 8.40. The van der Waals surface area contributed by atoms with Crippen LogP contribution >= 0.6 is 0 Å². The summed E-state index contributed by atoms with van der Waals surface area (Å²) >= 11 is 0. The second kappa shape index (κ2) is 18.7. The number of hydrogen-bond acceptors (Lipinski definition) is 4. The van der Waals surface area contributed by atoms with E-state index in [1.54, 1.807) is 0 Å². The Kier molecular flexibility index (Phi) is 11.6. The molecule has 416 valence electrons. The van der Waals surface area contributed by atoms with Crippen molar-refractivity contribution in [2.24, 2.45) is 0 Å². The van der Waals surface area contributed by atoms with Crippen LogP contribution in [0.3, 0.4) is 0 Å². The zero-order chi connectivity index (χ0) is 58.6. The minimum Gasteiger partial charge on any atom is -0.455 e. The van der Waals surface area contributed by atoms with Crippen molar-refractivity contribution in [1.82, 2.24) is 0 Å². The average Bonchev–Trinajstić information content (AvgIpc) is 1.06. The predicted molar refractivity (Wildman–Crippen MR) is 365 cm³/mol. The number of anilines is 9. The fourth-order valence-electron chi connectivity index (χ4n) is 14.0. The van der Waals surface area contributed by atoms with Crippen LogP contribution in [0.15, 0.2) is 223 Å². The van der Waals surface area contributed by atoms with Gasteiger partial charge in [0.1, 0.15) is 11.2 Å². The molecule has 12 aromatic rings. The van der Waals surface area contributed by atoms with Gasteiger partial charge < -0.3 is 19.1 Å². The predicted octanol–water partition coefficient (Wildman–Crippen LogP) is 20.8. The maximum absolute atomic E-state index is 6.74. The summed E-state index contributed by atoms with van der Waals surface area (Å²) in [5.74, 6) is 0. The first-order chi connectivity index (χ1) is 40.7. The first-order valence-electron chi connectivity index (χ1n) is 30.4. The van der Waals surface area contributed by atoms with Crippen LogP contribution in [0.5, 0.6) is 0 Å². The summed E-state index contributed by atoms with van der Waals surface area (Å²) in [4.78, 5) is 7.74. The Morgan fingerprint density at radius 3 is 1.54 bits per heavy atom. The maximum Gasteiger partial charge on any atom is 0.252 e. The Balaban J connectivity index is 1.03. The van der Waals surface area contributed by atoms with Crippen molar-refractivity contribution in [2.45, 2.75) is 105 Å². The van der Waals surface area contributed by atoms with E-state index in [1.807, 2.05) is 0 Å². The SMILES string of the molecule is CC(C)(C)c1ccc(N(c2ccc(C(C)(C)C)cc2)c2ccc3c(c2)N(c2ccc(C(C)(C)C)cc2)c2cc(C(C)(C)C)cc4c2B3c2cc(-c3ccccc3)c3cccc5c3c2N4c2ccc(-c3cccc4c3oc3ccccc34)cc2-5)cc1. The Morgan fingerprint density at radius 1 is 0.353 bits per heavy atom. The lowest BCUT2D eigenvalue weighted by Gasteiger charge is -2.47. The summed E-state index contributed by atoms with van der Waals surface area (Å²) < 4.78 is 6.74. The van der Waals surface area contributed by atoms with Gasteiger partial charge in [0, 0.05) is 72.8 Å². The minimum atomic E-state index is -0.196. The number of para-hydroxylation sites is 2. The molecule has 1 aromatic heterocycles. The molecule has 0 aliphatic carbocycles. The number of rotatable bonds is 6. The van der Waals surface area contributed by atoms with Crippen LogP contribution in [0.4, 0.5) is 51.2 Å². The Morgan fingerprint density at radius 2 is 0.906 bits per heavy atom. The summed E-state index contributed by atoms with van der Waals surface area (Å²) in [6.45, 7) is 27.7. The maximum atomic E-state index is 6.74. The van der Waals surface area contributed by atoms with Crippen molar-refractivity contribution in [3.63, 3.8) is 0 Å². The van der Waals surface area contributed by atoms with E-state index in [9.17, 15) is 0 Å². The lowest BCUT2D eigenvalue weighted by atomic mass is 9.33. The van der Waals surface area contributed by atoms with E-state index in [1.165, 1.54) is 100 Å². The largest absolute Gasteiger partial charge is 0.455 e. The number of nitrogens with zero attached hydrogens (tertiary/aromatic N) is 3. The van der Waals surface area contributed by atoms with Crippen molar-refractivity contribution in [1.29, 1.82) is 0 Å². The zero-order valence-corrected chi connectivity index (χ0v) is 51.1. The normalized spacial score (nSPS) is 13.6. The molecule has 0 saturated heterocycles. The molecule has 85 heavy (non-hydrogen) atoms. The molecule has 0 atom stereocenters. The van der Waals surface area contributed by atoms with Crippen molar-refractivity contribution in [3.8, 4) is 33.4 Å². The molecule has 0 bridgehead atoms. The van der Waals surface area contributed by atoms with Crippen LogP contribution < -0.4 is 31.1 Å². The second-order valence-electron chi connectivity index (χ2n) is 28.2. The van der Waals surface area contributed by atoms with E-state index in [0.717, 1.165) is 55.8 Å². The topological polar surface area (TPSA) is 22.9 Å². The smallest absolute Gasteiger partial charge is 0.252 e. The van der Waals surface area contributed by atoms with E-state index in [2.05, 4.69) is 316 Å². The van der Waals surface area contributed by atoms with Crippen molar-refractivity contribution >= 4 is 107 Å². The van der Waals surface area contributed by atoms with Crippen molar-refractivity contribution in [2.75, 3.05) is 14.7 Å². The van der Waals surface area contributed by atoms with Crippen LogP contribution in [0.1, 0.15) is 105 Å². The first kappa shape index (κ1) is 52.7. The Bertz CT molecular complexity index is 4620. The van der Waals surface area contributed by atoms with Gasteiger partial charge in [0.25, 0.3) is 6.71 Å². The molecule has 0 unspecified atom stereocenters. The van der Waals surface area contributed by atoms with Crippen LogP contribution in [0, 0.1) is 0 Å². The molecule has 5 heteroatoms. The van der Waals surface area contributed by atoms with Crippen LogP contribution in [-0.4, -0.2) is 6.71 Å². The van der Waals surface area contributed by atoms with Crippen LogP contribution in [0.25, 0.3) is 66.1 Å². The molecule has 4 heterocycles. The van der Waals surface area contributed by atoms with Crippen LogP contribution in [0.2, 0.25) is 0 Å². The fraction of sp³-hybridized carbons (Fsp3) is 0.200. The lowest BCUT2D eigenvalue weighted by Crippen LogP contribution is -2.61. The fourth-order valence-corrected chi connectivity index (χ4v) is 14.0. The summed E-state index contributed by atoms with van der Waals surface area (Å²) in [5.41, 5.74) is 28.4. The molecular weight excluding hydrogens is 1030 g/mol. The van der Waals surface area contributed by atoms with E-state index >= 15 is 0 Å². The molecule has 3 aliphatic rings. The van der Waals surface area contributed by atoms with Gasteiger partial charge in [-0.1, -0.05) is 223 Å². The van der Waals surface area contributed by atoms with Crippen molar-refractivity contribution in [3.05, 3.63) is 241 Å². The average molecular weight is 1100 g/mol. The molecule has 0 saturated carbocycles. The Hall–Kier alpha value is -9.06. The van der Waals surface area contributed by atoms with E-state index in [-0.39, 0.29) is 28.4 Å². The van der Waals surface area contributed by atoms with Gasteiger partial charge in [-0.3, -0.25) is 0 Å². The molecular formula is C80H72BN3O. The standard InChI is InChI=1S/C80H72BN3O/c1-77(2,3)51-29-35-55(36-30-51)82(56-37-31-52(32-38-56)78(4,5)6)58-41-42-66-69(47-58)83(57-39-33-53(34-40-57)79(7,8)9)70-45-54(80(10,11)12)46-71-74(70)81(66)67-48-64(49-20-14-13-15-21-49)61-24-19-25-62-65-44-50(28-43-68(65)84(71)75(67)73(61)62)59-23-18-26-63-60-22-16-17-27-72(60)85-76(59)63/h13-48H,1-12H3. The Labute approximate surface area is 502 Å². The molecule has 11 aromatic carbocycles. The monoisotopic (exact) mass is 1100 g/mol. The quantitative estimate of drug-likeness (QED) is 0.155. The van der Waals surface area contributed by atoms with Gasteiger partial charge in [0.05, 0.1) is 5.69 Å². The number of fused-ring (bicyclic) bond motifs is 10. The number of benzene rings is 11. The van der Waals surface area contributed by atoms with Gasteiger partial charge in [-0.05, 0) is 167 Å². The second-order valence-corrected chi connectivity index (χ2v) is 28.2. The van der Waals surface area contributed by atoms with Gasteiger partial charge in [0.15, 0.2) is 0 Å². The van der Waals surface area contributed by atoms with Gasteiger partial charge in [-0.25, -0.2) is 0 Å². The first-order valence-corrected chi connectivity index (χ1v) is 30.4. The highest BCUT2D eigenvalue weighted by Crippen LogP contribution is 2.57. The van der Waals surface area contributed by atoms with E-state index in [0.29, 0.717) is 0 Å². The highest BCUT2D eigenvalue weighted by Gasteiger charge is 2.47. The van der Waals surface area contributed by atoms with Gasteiger partial charge in [0.2, 0.25) is 0 Å². The molecule has 4 nitrogen and oxygen atoms in total. The minimum absolute atomic E-state index is 0.0138. The van der Waals surface area contributed by atoms with Gasteiger partial charge >= 0.3 is 0 Å². The molecule has 0 spiro atoms. The molecule has 15 rings (SSSR count). The third-order valence-corrected chi connectivity index (χ3v) is 18.6. The summed E-state index contributed by atoms with van der Waals surface area (Å²) in [6, 6.07) is 83.2. The highest BCUT2D eigenvalue weighted by atomic mass is 16.3. The number of furan rings is 1. The third-order valence-electron chi connectivity index (χ3n) is 18.6. The summed E-state index contributed by atoms with van der Waals surface area (Å²) in [7, 11) is 0.